The average molecular weight is 443 g/mol. The summed E-state index contributed by atoms with van der Waals surface area (Å²) in [6, 6.07) is 14.2. The van der Waals surface area contributed by atoms with Gasteiger partial charge in [-0.3, -0.25) is 4.79 Å². The number of nitrogens with one attached hydrogen (secondary N) is 1. The summed E-state index contributed by atoms with van der Waals surface area (Å²) in [7, 11) is -1.95. The first-order valence-corrected chi connectivity index (χ1v) is 12.5. The van der Waals surface area contributed by atoms with Crippen molar-refractivity contribution in [2.75, 3.05) is 20.2 Å². The van der Waals surface area contributed by atoms with E-state index in [1.54, 1.807) is 25.3 Å². The van der Waals surface area contributed by atoms with Crippen LogP contribution in [0.4, 0.5) is 0 Å². The normalized spacial score (nSPS) is 19.1. The minimum atomic E-state index is -3.58. The number of hydrogen-bond acceptors (Lipinski definition) is 4. The van der Waals surface area contributed by atoms with Gasteiger partial charge in [0.1, 0.15) is 5.75 Å². The Balaban J connectivity index is 1.58. The van der Waals surface area contributed by atoms with E-state index in [-0.39, 0.29) is 10.8 Å². The number of hydrogen-bond donors (Lipinski definition) is 1. The highest BCUT2D eigenvalue weighted by molar-refractivity contribution is 7.89. The van der Waals surface area contributed by atoms with Crippen molar-refractivity contribution in [3.05, 3.63) is 59.7 Å². The zero-order chi connectivity index (χ0) is 21.9. The summed E-state index contributed by atoms with van der Waals surface area (Å²) in [5.41, 5.74) is 0.986. The maximum atomic E-state index is 13.2. The monoisotopic (exact) mass is 442 g/mol. The van der Waals surface area contributed by atoms with Gasteiger partial charge in [-0.15, -0.1) is 0 Å². The molecule has 0 aromatic heterocycles. The maximum absolute atomic E-state index is 13.2. The molecule has 7 heteroatoms. The van der Waals surface area contributed by atoms with Crippen LogP contribution in [0, 0.1) is 0 Å². The van der Waals surface area contributed by atoms with Crippen LogP contribution in [-0.4, -0.2) is 38.8 Å². The molecule has 0 bridgehead atoms. The van der Waals surface area contributed by atoms with Crippen LogP contribution >= 0.6 is 0 Å². The number of ether oxygens (including phenoxy) is 1. The molecule has 4 rings (SSSR count). The molecular formula is C24H30N2O4S. The molecule has 0 unspecified atom stereocenters. The van der Waals surface area contributed by atoms with Gasteiger partial charge in [0.25, 0.3) is 5.91 Å². The molecule has 0 spiro atoms. The Morgan fingerprint density at radius 1 is 0.968 bits per heavy atom. The highest BCUT2D eigenvalue weighted by Gasteiger charge is 2.37. The van der Waals surface area contributed by atoms with Crippen LogP contribution in [0.2, 0.25) is 0 Å². The van der Waals surface area contributed by atoms with Crippen molar-refractivity contribution in [3.63, 3.8) is 0 Å². The molecule has 2 fully saturated rings. The summed E-state index contributed by atoms with van der Waals surface area (Å²) in [4.78, 5) is 13.4. The van der Waals surface area contributed by atoms with Gasteiger partial charge >= 0.3 is 0 Å². The lowest BCUT2D eigenvalue weighted by molar-refractivity contribution is 0.0898. The minimum absolute atomic E-state index is 0.187. The van der Waals surface area contributed by atoms with Gasteiger partial charge in [-0.05, 0) is 61.6 Å². The van der Waals surface area contributed by atoms with Crippen molar-refractivity contribution in [2.45, 2.75) is 55.4 Å². The molecule has 31 heavy (non-hydrogen) atoms. The van der Waals surface area contributed by atoms with Gasteiger partial charge in [0.2, 0.25) is 10.0 Å². The van der Waals surface area contributed by atoms with Gasteiger partial charge in [0, 0.05) is 18.7 Å². The van der Waals surface area contributed by atoms with Gasteiger partial charge in [0.15, 0.2) is 0 Å². The Morgan fingerprint density at radius 3 is 2.29 bits per heavy atom. The summed E-state index contributed by atoms with van der Waals surface area (Å²) in [6.07, 6.45) is 6.61. The Hall–Kier alpha value is -2.38. The Morgan fingerprint density at radius 2 is 1.65 bits per heavy atom. The SMILES string of the molecule is COc1ccc(C2(NC(=O)c3cccc(S(=O)(=O)N4CCCCC4)c3)CCCC2)cc1. The third-order valence-electron chi connectivity index (χ3n) is 6.50. The number of nitrogens with zero attached hydrogens (tertiary/aromatic N) is 1. The van der Waals surface area contributed by atoms with Crippen LogP contribution in [0.5, 0.6) is 5.75 Å². The third-order valence-corrected chi connectivity index (χ3v) is 8.40. The second-order valence-electron chi connectivity index (χ2n) is 8.46. The number of carbonyl (C=O) groups is 1. The van der Waals surface area contributed by atoms with Crippen LogP contribution in [0.25, 0.3) is 0 Å². The number of amides is 1. The van der Waals surface area contributed by atoms with Crippen LogP contribution in [-0.2, 0) is 15.6 Å². The number of rotatable bonds is 6. The largest absolute Gasteiger partial charge is 0.497 e. The average Bonchev–Trinajstić information content (AvgIpc) is 3.29. The molecule has 0 atom stereocenters. The highest BCUT2D eigenvalue weighted by Crippen LogP contribution is 2.39. The van der Waals surface area contributed by atoms with Crippen LogP contribution < -0.4 is 10.1 Å². The summed E-state index contributed by atoms with van der Waals surface area (Å²) in [5.74, 6) is 0.534. The van der Waals surface area contributed by atoms with Gasteiger partial charge in [-0.2, -0.15) is 4.31 Å². The Bertz CT molecular complexity index is 1020. The van der Waals surface area contributed by atoms with Crippen LogP contribution in [0.1, 0.15) is 60.9 Å². The van der Waals surface area contributed by atoms with E-state index in [1.807, 2.05) is 24.3 Å². The van der Waals surface area contributed by atoms with Gasteiger partial charge in [0.05, 0.1) is 17.5 Å². The fraction of sp³-hybridized carbons (Fsp3) is 0.458. The van der Waals surface area contributed by atoms with E-state index >= 15 is 0 Å². The van der Waals surface area contributed by atoms with E-state index in [0.717, 1.165) is 56.3 Å². The first-order chi connectivity index (χ1) is 14.9. The van der Waals surface area contributed by atoms with Crippen molar-refractivity contribution >= 4 is 15.9 Å². The molecule has 2 aromatic rings. The highest BCUT2D eigenvalue weighted by atomic mass is 32.2. The first-order valence-electron chi connectivity index (χ1n) is 11.0. The van der Waals surface area contributed by atoms with Crippen molar-refractivity contribution in [1.29, 1.82) is 0 Å². The molecule has 1 heterocycles. The predicted octanol–water partition coefficient (Wildman–Crippen LogP) is 4.07. The molecule has 1 saturated carbocycles. The second-order valence-corrected chi connectivity index (χ2v) is 10.4. The van der Waals surface area contributed by atoms with Crippen molar-refractivity contribution in [2.24, 2.45) is 0 Å². The van der Waals surface area contributed by atoms with Crippen molar-refractivity contribution in [3.8, 4) is 5.75 Å². The van der Waals surface area contributed by atoms with E-state index in [1.165, 1.54) is 10.4 Å². The Labute approximate surface area is 184 Å². The summed E-state index contributed by atoms with van der Waals surface area (Å²) in [5, 5.41) is 3.23. The maximum Gasteiger partial charge on any atom is 0.252 e. The number of methoxy groups -OCH3 is 1. The fourth-order valence-electron chi connectivity index (χ4n) is 4.72. The molecule has 1 amide bonds. The van der Waals surface area contributed by atoms with Crippen LogP contribution in [0.15, 0.2) is 53.4 Å². The van der Waals surface area contributed by atoms with Crippen LogP contribution in [0.3, 0.4) is 0 Å². The topological polar surface area (TPSA) is 75.7 Å². The first kappa shape index (κ1) is 21.8. The zero-order valence-electron chi connectivity index (χ0n) is 18.0. The fourth-order valence-corrected chi connectivity index (χ4v) is 6.28. The summed E-state index contributed by atoms with van der Waals surface area (Å²) >= 11 is 0. The standard InChI is InChI=1S/C24H30N2O4S/c1-30-21-12-10-20(11-13-21)24(14-3-4-15-24)25-23(27)19-8-7-9-22(18-19)31(28,29)26-16-5-2-6-17-26/h7-13,18H,2-6,14-17H2,1H3,(H,25,27). The molecule has 2 aliphatic rings. The molecule has 1 aliphatic carbocycles. The van der Waals surface area contributed by atoms with Crippen molar-refractivity contribution < 1.29 is 17.9 Å². The quantitative estimate of drug-likeness (QED) is 0.732. The minimum Gasteiger partial charge on any atom is -0.497 e. The van der Waals surface area contributed by atoms with E-state index in [9.17, 15) is 13.2 Å². The lowest BCUT2D eigenvalue weighted by Crippen LogP contribution is -2.43. The number of carbonyl (C=O) groups excluding carboxylic acids is 1. The zero-order valence-corrected chi connectivity index (χ0v) is 18.8. The van der Waals surface area contributed by atoms with Gasteiger partial charge in [-0.25, -0.2) is 8.42 Å². The van der Waals surface area contributed by atoms with Gasteiger partial charge in [-0.1, -0.05) is 37.5 Å². The number of benzene rings is 2. The summed E-state index contributed by atoms with van der Waals surface area (Å²) < 4.78 is 32.9. The summed E-state index contributed by atoms with van der Waals surface area (Å²) in [6.45, 7) is 1.08. The second kappa shape index (κ2) is 9.01. The van der Waals surface area contributed by atoms with E-state index in [2.05, 4.69) is 5.32 Å². The molecule has 1 aliphatic heterocycles. The van der Waals surface area contributed by atoms with E-state index < -0.39 is 15.6 Å². The van der Waals surface area contributed by atoms with Crippen molar-refractivity contribution in [1.82, 2.24) is 9.62 Å². The molecular weight excluding hydrogens is 412 g/mol. The molecule has 0 radical (unpaired) electrons. The van der Waals surface area contributed by atoms with Gasteiger partial charge < -0.3 is 10.1 Å². The lowest BCUT2D eigenvalue weighted by Gasteiger charge is -2.31. The third kappa shape index (κ3) is 4.48. The molecule has 2 aromatic carbocycles. The lowest BCUT2D eigenvalue weighted by atomic mass is 9.87. The smallest absolute Gasteiger partial charge is 0.252 e. The number of piperidine rings is 1. The Kier molecular flexibility index (Phi) is 6.34. The van der Waals surface area contributed by atoms with E-state index in [4.69, 9.17) is 4.74 Å². The van der Waals surface area contributed by atoms with E-state index in [0.29, 0.717) is 18.7 Å². The molecule has 166 valence electrons. The molecule has 1 N–H and O–H groups in total. The predicted molar refractivity (Wildman–Crippen MR) is 120 cm³/mol. The number of sulfonamides is 1. The molecule has 6 nitrogen and oxygen atoms in total. The molecule has 1 saturated heterocycles.